The minimum absolute atomic E-state index is 0.104. The summed E-state index contributed by atoms with van der Waals surface area (Å²) in [6, 6.07) is 15.8. The number of nitrogens with one attached hydrogen (secondary N) is 1. The number of halogens is 1. The number of H-pyrrole nitrogens is 1. The number of fused-ring (bicyclic) bond motifs is 1. The van der Waals surface area contributed by atoms with E-state index in [0.29, 0.717) is 10.7 Å². The van der Waals surface area contributed by atoms with Crippen LogP contribution in [0, 0.1) is 0 Å². The monoisotopic (exact) mass is 370 g/mol. The Bertz CT molecular complexity index is 898. The highest BCUT2D eigenvalue weighted by molar-refractivity contribution is 7.99. The zero-order valence-corrected chi connectivity index (χ0v) is 15.4. The zero-order valence-electron chi connectivity index (χ0n) is 13.8. The van der Waals surface area contributed by atoms with Crippen molar-refractivity contribution in [2.75, 3.05) is 13.1 Å². The Labute approximate surface area is 156 Å². The van der Waals surface area contributed by atoms with Crippen molar-refractivity contribution in [2.45, 2.75) is 29.1 Å². The first-order chi connectivity index (χ1) is 12.2. The van der Waals surface area contributed by atoms with Crippen molar-refractivity contribution >= 4 is 40.2 Å². The third-order valence-electron chi connectivity index (χ3n) is 4.55. The minimum Gasteiger partial charge on any atom is -0.350 e. The van der Waals surface area contributed by atoms with Gasteiger partial charge in [-0.1, -0.05) is 41.6 Å². The molecule has 128 valence electrons. The molecule has 0 radical (unpaired) electrons. The number of hydrogen-bond donors (Lipinski definition) is 1. The summed E-state index contributed by atoms with van der Waals surface area (Å²) in [6.07, 6.45) is 3.39. The number of carbonyl (C=O) groups is 1. The van der Waals surface area contributed by atoms with Gasteiger partial charge in [-0.25, -0.2) is 0 Å². The molecule has 1 saturated heterocycles. The molecule has 0 aliphatic carbocycles. The van der Waals surface area contributed by atoms with Gasteiger partial charge in [0.15, 0.2) is 0 Å². The number of aromatic nitrogens is 1. The van der Waals surface area contributed by atoms with E-state index in [1.54, 1.807) is 11.8 Å². The van der Waals surface area contributed by atoms with Gasteiger partial charge in [-0.2, -0.15) is 0 Å². The number of likely N-dealkylation sites (tertiary alicyclic amines) is 1. The van der Waals surface area contributed by atoms with Crippen LogP contribution in [0.2, 0.25) is 5.02 Å². The second kappa shape index (κ2) is 7.14. The topological polar surface area (TPSA) is 36.1 Å². The molecule has 5 heteroatoms. The van der Waals surface area contributed by atoms with Crippen molar-refractivity contribution in [3.05, 3.63) is 59.2 Å². The van der Waals surface area contributed by atoms with E-state index in [1.807, 2.05) is 47.4 Å². The molecule has 1 amide bonds. The van der Waals surface area contributed by atoms with Crippen LogP contribution in [-0.4, -0.2) is 28.9 Å². The van der Waals surface area contributed by atoms with Crippen molar-refractivity contribution in [1.29, 1.82) is 0 Å². The van der Waals surface area contributed by atoms with Gasteiger partial charge in [0.2, 0.25) is 0 Å². The van der Waals surface area contributed by atoms with Crippen LogP contribution >= 0.6 is 23.4 Å². The average Bonchev–Trinajstić information content (AvgIpc) is 3.02. The standard InChI is InChI=1S/C20H19ClN2OS/c21-14-8-10-15(11-9-14)25-19-16-6-2-3-7-17(16)22-18(19)20(24)23-12-4-1-5-13-23/h2-3,6-11,22H,1,4-5,12-13H2. The summed E-state index contributed by atoms with van der Waals surface area (Å²) in [4.78, 5) is 20.5. The third-order valence-corrected chi connectivity index (χ3v) is 5.94. The van der Waals surface area contributed by atoms with Gasteiger partial charge in [0.05, 0.1) is 4.90 Å². The second-order valence-corrected chi connectivity index (χ2v) is 7.80. The fourth-order valence-electron chi connectivity index (χ4n) is 3.25. The molecule has 2 aromatic carbocycles. The maximum Gasteiger partial charge on any atom is 0.271 e. The molecular weight excluding hydrogens is 352 g/mol. The fraction of sp³-hybridized carbons (Fsp3) is 0.250. The van der Waals surface area contributed by atoms with E-state index >= 15 is 0 Å². The molecule has 0 spiro atoms. The van der Waals surface area contributed by atoms with Crippen LogP contribution in [0.4, 0.5) is 0 Å². The van der Waals surface area contributed by atoms with E-state index in [1.165, 1.54) is 6.42 Å². The Hall–Kier alpha value is -1.91. The highest BCUT2D eigenvalue weighted by atomic mass is 35.5. The summed E-state index contributed by atoms with van der Waals surface area (Å²) >= 11 is 7.61. The highest BCUT2D eigenvalue weighted by Crippen LogP contribution is 2.37. The molecule has 2 heterocycles. The molecule has 0 atom stereocenters. The van der Waals surface area contributed by atoms with Gasteiger partial charge in [0.25, 0.3) is 5.91 Å². The fourth-order valence-corrected chi connectivity index (χ4v) is 4.41. The van der Waals surface area contributed by atoms with E-state index < -0.39 is 0 Å². The van der Waals surface area contributed by atoms with Crippen molar-refractivity contribution < 1.29 is 4.79 Å². The maximum absolute atomic E-state index is 13.1. The summed E-state index contributed by atoms with van der Waals surface area (Å²) in [5, 5.41) is 1.80. The highest BCUT2D eigenvalue weighted by Gasteiger charge is 2.24. The normalized spacial score (nSPS) is 14.8. The number of piperidine rings is 1. The largest absolute Gasteiger partial charge is 0.350 e. The SMILES string of the molecule is O=C(c1[nH]c2ccccc2c1Sc1ccc(Cl)cc1)N1CCCCC1. The molecule has 0 unspecified atom stereocenters. The number of amides is 1. The first kappa shape index (κ1) is 16.6. The van der Waals surface area contributed by atoms with Crippen molar-refractivity contribution in [3.63, 3.8) is 0 Å². The molecular formula is C20H19ClN2OS. The smallest absolute Gasteiger partial charge is 0.271 e. The zero-order chi connectivity index (χ0) is 17.2. The first-order valence-corrected chi connectivity index (χ1v) is 9.75. The molecule has 3 nitrogen and oxygen atoms in total. The Kier molecular flexibility index (Phi) is 4.73. The lowest BCUT2D eigenvalue weighted by molar-refractivity contribution is 0.0716. The average molecular weight is 371 g/mol. The van der Waals surface area contributed by atoms with Gasteiger partial charge in [-0.3, -0.25) is 4.79 Å². The minimum atomic E-state index is 0.104. The first-order valence-electron chi connectivity index (χ1n) is 8.56. The Morgan fingerprint density at radius 2 is 1.72 bits per heavy atom. The summed E-state index contributed by atoms with van der Waals surface area (Å²) in [5.41, 5.74) is 1.70. The van der Waals surface area contributed by atoms with Crippen molar-refractivity contribution in [1.82, 2.24) is 9.88 Å². The number of benzene rings is 2. The van der Waals surface area contributed by atoms with E-state index in [-0.39, 0.29) is 5.91 Å². The molecule has 1 fully saturated rings. The van der Waals surface area contributed by atoms with Crippen molar-refractivity contribution in [2.24, 2.45) is 0 Å². The molecule has 0 saturated carbocycles. The van der Waals surface area contributed by atoms with Gasteiger partial charge in [-0.05, 0) is 49.6 Å². The molecule has 1 aliphatic heterocycles. The summed E-state index contributed by atoms with van der Waals surface area (Å²) < 4.78 is 0. The predicted octanol–water partition coefficient (Wildman–Crippen LogP) is 5.60. The van der Waals surface area contributed by atoms with Gasteiger partial charge in [-0.15, -0.1) is 0 Å². The van der Waals surface area contributed by atoms with Gasteiger partial charge < -0.3 is 9.88 Å². The number of rotatable bonds is 3. The van der Waals surface area contributed by atoms with Crippen molar-refractivity contribution in [3.8, 4) is 0 Å². The summed E-state index contributed by atoms with van der Waals surface area (Å²) in [5.74, 6) is 0.104. The summed E-state index contributed by atoms with van der Waals surface area (Å²) in [7, 11) is 0. The number of nitrogens with zero attached hydrogens (tertiary/aromatic N) is 1. The van der Waals surface area contributed by atoms with E-state index in [4.69, 9.17) is 11.6 Å². The molecule has 1 N–H and O–H groups in total. The quantitative estimate of drug-likeness (QED) is 0.651. The molecule has 3 aromatic rings. The van der Waals surface area contributed by atoms with E-state index in [2.05, 4.69) is 11.1 Å². The van der Waals surface area contributed by atoms with Crippen LogP contribution in [0.15, 0.2) is 58.3 Å². The molecule has 1 aliphatic rings. The third kappa shape index (κ3) is 3.42. The second-order valence-electron chi connectivity index (χ2n) is 6.28. The molecule has 0 bridgehead atoms. The van der Waals surface area contributed by atoms with Crippen LogP contribution in [-0.2, 0) is 0 Å². The van der Waals surface area contributed by atoms with Crippen LogP contribution < -0.4 is 0 Å². The van der Waals surface area contributed by atoms with Gasteiger partial charge in [0, 0.05) is 33.9 Å². The van der Waals surface area contributed by atoms with Gasteiger partial charge >= 0.3 is 0 Å². The van der Waals surface area contributed by atoms with Gasteiger partial charge in [0.1, 0.15) is 5.69 Å². The summed E-state index contributed by atoms with van der Waals surface area (Å²) in [6.45, 7) is 1.69. The number of para-hydroxylation sites is 1. The lowest BCUT2D eigenvalue weighted by Gasteiger charge is -2.26. The van der Waals surface area contributed by atoms with Crippen LogP contribution in [0.3, 0.4) is 0 Å². The van der Waals surface area contributed by atoms with Crippen LogP contribution in [0.25, 0.3) is 10.9 Å². The molecule has 1 aromatic heterocycles. The Balaban J connectivity index is 1.75. The number of carbonyl (C=O) groups excluding carboxylic acids is 1. The maximum atomic E-state index is 13.1. The lowest BCUT2D eigenvalue weighted by Crippen LogP contribution is -2.36. The van der Waals surface area contributed by atoms with Crippen LogP contribution in [0.1, 0.15) is 29.8 Å². The van der Waals surface area contributed by atoms with E-state index in [9.17, 15) is 4.79 Å². The van der Waals surface area contributed by atoms with Crippen LogP contribution in [0.5, 0.6) is 0 Å². The predicted molar refractivity (Wildman–Crippen MR) is 104 cm³/mol. The number of aromatic amines is 1. The molecule has 25 heavy (non-hydrogen) atoms. The Morgan fingerprint density at radius 1 is 1.00 bits per heavy atom. The number of hydrogen-bond acceptors (Lipinski definition) is 2. The Morgan fingerprint density at radius 3 is 2.48 bits per heavy atom. The molecule has 4 rings (SSSR count). The lowest BCUT2D eigenvalue weighted by atomic mass is 10.1. The van der Waals surface area contributed by atoms with E-state index in [0.717, 1.165) is 46.6 Å².